The molecule has 0 aromatic rings. The van der Waals surface area contributed by atoms with Crippen molar-refractivity contribution in [2.45, 2.75) is 25.7 Å². The van der Waals surface area contributed by atoms with E-state index in [2.05, 4.69) is 12.2 Å². The summed E-state index contributed by atoms with van der Waals surface area (Å²) < 4.78 is 0. The molecule has 0 spiro atoms. The monoisotopic (exact) mass is 166 g/mol. The third kappa shape index (κ3) is 1.26. The molecular weight excluding hydrogens is 152 g/mol. The third-order valence-corrected chi connectivity index (χ3v) is 3.13. The van der Waals surface area contributed by atoms with E-state index in [-0.39, 0.29) is 5.92 Å². The minimum absolute atomic E-state index is 0.0949. The summed E-state index contributed by atoms with van der Waals surface area (Å²) in [5.74, 6) is 0.171. The Hall–Kier alpha value is -0.790. The van der Waals surface area contributed by atoms with Crippen molar-refractivity contribution in [1.82, 2.24) is 0 Å². The molecule has 2 heteroatoms. The van der Waals surface area contributed by atoms with Crippen LogP contribution >= 0.6 is 0 Å². The Morgan fingerprint density at radius 2 is 2.17 bits per heavy atom. The molecule has 0 aliphatic heterocycles. The molecular formula is C10H14O2. The van der Waals surface area contributed by atoms with Gasteiger partial charge in [0.1, 0.15) is 0 Å². The fourth-order valence-corrected chi connectivity index (χ4v) is 2.42. The number of aliphatic carboxylic acids is 1. The minimum atomic E-state index is -0.601. The number of carboxylic acids is 1. The molecule has 0 amide bonds. The van der Waals surface area contributed by atoms with Crippen molar-refractivity contribution in [3.8, 4) is 0 Å². The van der Waals surface area contributed by atoms with Gasteiger partial charge < -0.3 is 5.11 Å². The van der Waals surface area contributed by atoms with Crippen molar-refractivity contribution in [2.24, 2.45) is 17.8 Å². The molecule has 1 fully saturated rings. The van der Waals surface area contributed by atoms with Gasteiger partial charge in [-0.3, -0.25) is 4.79 Å². The molecule has 3 rings (SSSR count). The van der Waals surface area contributed by atoms with Crippen molar-refractivity contribution in [3.05, 3.63) is 12.2 Å². The van der Waals surface area contributed by atoms with Gasteiger partial charge in [0.15, 0.2) is 0 Å². The van der Waals surface area contributed by atoms with E-state index in [4.69, 9.17) is 5.11 Å². The highest BCUT2D eigenvalue weighted by atomic mass is 16.4. The lowest BCUT2D eigenvalue weighted by Gasteiger charge is -2.24. The van der Waals surface area contributed by atoms with E-state index in [9.17, 15) is 4.79 Å². The van der Waals surface area contributed by atoms with Gasteiger partial charge in [-0.25, -0.2) is 0 Å². The number of carboxylic acid groups (broad SMARTS) is 1. The molecule has 0 heterocycles. The van der Waals surface area contributed by atoms with E-state index in [0.717, 1.165) is 12.8 Å². The Morgan fingerprint density at radius 1 is 1.33 bits per heavy atom. The van der Waals surface area contributed by atoms with Crippen LogP contribution in [-0.4, -0.2) is 11.1 Å². The van der Waals surface area contributed by atoms with Crippen LogP contribution in [0, 0.1) is 17.8 Å². The average molecular weight is 166 g/mol. The van der Waals surface area contributed by atoms with E-state index in [1.165, 1.54) is 12.8 Å². The highest BCUT2D eigenvalue weighted by Crippen LogP contribution is 2.38. The first-order valence-corrected chi connectivity index (χ1v) is 4.68. The minimum Gasteiger partial charge on any atom is -0.481 e. The summed E-state index contributed by atoms with van der Waals surface area (Å²) >= 11 is 0. The molecule has 2 bridgehead atoms. The Kier molecular flexibility index (Phi) is 1.91. The number of carbonyl (C=O) groups is 1. The highest BCUT2D eigenvalue weighted by Gasteiger charge is 2.33. The van der Waals surface area contributed by atoms with E-state index < -0.39 is 5.97 Å². The van der Waals surface area contributed by atoms with Gasteiger partial charge in [-0.15, -0.1) is 0 Å². The molecule has 0 unspecified atom stereocenters. The van der Waals surface area contributed by atoms with E-state index >= 15 is 0 Å². The van der Waals surface area contributed by atoms with Gasteiger partial charge in [0.2, 0.25) is 0 Å². The second-order valence-electron chi connectivity index (χ2n) is 3.92. The summed E-state index contributed by atoms with van der Waals surface area (Å²) in [4.78, 5) is 10.9. The Bertz CT molecular complexity index is 220. The maximum absolute atomic E-state index is 10.9. The van der Waals surface area contributed by atoms with E-state index in [1.807, 2.05) is 0 Å². The molecule has 12 heavy (non-hydrogen) atoms. The summed E-state index contributed by atoms with van der Waals surface area (Å²) in [7, 11) is 0. The standard InChI is InChI=1S/C10H14O2/c11-10(12)9-6-7-2-1-3-8(9)5-4-7/h4-5,7-9H,1-3,6H2,(H,11,12)/t7-,8+,9+/m0/s1. The topological polar surface area (TPSA) is 37.3 Å². The number of hydrogen-bond acceptors (Lipinski definition) is 1. The maximum Gasteiger partial charge on any atom is 0.307 e. The predicted octanol–water partition coefficient (Wildman–Crippen LogP) is 2.06. The van der Waals surface area contributed by atoms with Crippen molar-refractivity contribution in [1.29, 1.82) is 0 Å². The van der Waals surface area contributed by atoms with Crippen LogP contribution in [-0.2, 0) is 4.79 Å². The summed E-state index contributed by atoms with van der Waals surface area (Å²) in [6, 6.07) is 0. The maximum atomic E-state index is 10.9. The predicted molar refractivity (Wildman–Crippen MR) is 45.7 cm³/mol. The molecule has 1 N–H and O–H groups in total. The lowest BCUT2D eigenvalue weighted by atomic mass is 9.81. The molecule has 0 radical (unpaired) electrons. The van der Waals surface area contributed by atoms with Gasteiger partial charge in [-0.2, -0.15) is 0 Å². The lowest BCUT2D eigenvalue weighted by molar-refractivity contribution is -0.143. The molecule has 0 saturated heterocycles. The molecule has 1 saturated carbocycles. The zero-order chi connectivity index (χ0) is 8.55. The van der Waals surface area contributed by atoms with Gasteiger partial charge in [0.25, 0.3) is 0 Å². The quantitative estimate of drug-likeness (QED) is 0.605. The first-order valence-electron chi connectivity index (χ1n) is 4.68. The van der Waals surface area contributed by atoms with Gasteiger partial charge in [-0.1, -0.05) is 18.6 Å². The van der Waals surface area contributed by atoms with Crippen LogP contribution in [0.3, 0.4) is 0 Å². The van der Waals surface area contributed by atoms with Crippen molar-refractivity contribution < 1.29 is 9.90 Å². The zero-order valence-corrected chi connectivity index (χ0v) is 7.07. The van der Waals surface area contributed by atoms with Crippen LogP contribution in [0.1, 0.15) is 25.7 Å². The normalized spacial score (nSPS) is 39.5. The summed E-state index contributed by atoms with van der Waals surface area (Å²) in [5.41, 5.74) is 0. The molecule has 0 aromatic heterocycles. The molecule has 3 atom stereocenters. The van der Waals surface area contributed by atoms with E-state index in [0.29, 0.717) is 11.8 Å². The molecule has 0 aromatic carbocycles. The smallest absolute Gasteiger partial charge is 0.307 e. The van der Waals surface area contributed by atoms with Crippen LogP contribution < -0.4 is 0 Å². The van der Waals surface area contributed by atoms with Gasteiger partial charge in [0, 0.05) is 0 Å². The SMILES string of the molecule is O=C(O)[C@@H]1C[C@@H]2C=C[C@H]1CCC2. The number of rotatable bonds is 1. The van der Waals surface area contributed by atoms with Gasteiger partial charge in [-0.05, 0) is 31.1 Å². The molecule has 3 aliphatic rings. The second kappa shape index (κ2) is 2.92. The first kappa shape index (κ1) is 7.84. The molecule has 3 aliphatic carbocycles. The van der Waals surface area contributed by atoms with Crippen molar-refractivity contribution in [2.75, 3.05) is 0 Å². The second-order valence-corrected chi connectivity index (χ2v) is 3.92. The zero-order valence-electron chi connectivity index (χ0n) is 7.07. The first-order chi connectivity index (χ1) is 5.77. The van der Waals surface area contributed by atoms with Gasteiger partial charge in [0.05, 0.1) is 5.92 Å². The molecule has 66 valence electrons. The summed E-state index contributed by atoms with van der Waals surface area (Å²) in [6.07, 6.45) is 8.68. The average Bonchev–Trinajstić information content (AvgIpc) is 2.36. The third-order valence-electron chi connectivity index (χ3n) is 3.13. The lowest BCUT2D eigenvalue weighted by Crippen LogP contribution is -2.25. The fraction of sp³-hybridized carbons (Fsp3) is 0.700. The Labute approximate surface area is 72.3 Å². The summed E-state index contributed by atoms with van der Waals surface area (Å²) in [6.45, 7) is 0. The number of allylic oxidation sites excluding steroid dienone is 2. The highest BCUT2D eigenvalue weighted by molar-refractivity contribution is 5.71. The van der Waals surface area contributed by atoms with Crippen LogP contribution in [0.2, 0.25) is 0 Å². The Balaban J connectivity index is 2.19. The largest absolute Gasteiger partial charge is 0.481 e. The van der Waals surface area contributed by atoms with Crippen LogP contribution in [0.4, 0.5) is 0 Å². The number of fused-ring (bicyclic) bond motifs is 3. The van der Waals surface area contributed by atoms with E-state index in [1.54, 1.807) is 0 Å². The fourth-order valence-electron chi connectivity index (χ4n) is 2.42. The van der Waals surface area contributed by atoms with Crippen molar-refractivity contribution >= 4 is 5.97 Å². The van der Waals surface area contributed by atoms with Gasteiger partial charge >= 0.3 is 5.97 Å². The van der Waals surface area contributed by atoms with Crippen molar-refractivity contribution in [3.63, 3.8) is 0 Å². The van der Waals surface area contributed by atoms with Crippen LogP contribution in [0.15, 0.2) is 12.2 Å². The van der Waals surface area contributed by atoms with Crippen LogP contribution in [0.25, 0.3) is 0 Å². The summed E-state index contributed by atoms with van der Waals surface area (Å²) in [5, 5.41) is 8.95. The number of hydrogen-bond donors (Lipinski definition) is 1. The molecule has 2 nitrogen and oxygen atoms in total. The Morgan fingerprint density at radius 3 is 2.92 bits per heavy atom. The van der Waals surface area contributed by atoms with Crippen LogP contribution in [0.5, 0.6) is 0 Å².